The summed E-state index contributed by atoms with van der Waals surface area (Å²) in [6, 6.07) is 14.1. The van der Waals surface area contributed by atoms with Gasteiger partial charge in [0.05, 0.1) is 20.3 Å². The van der Waals surface area contributed by atoms with Crippen LogP contribution in [0.5, 0.6) is 11.5 Å². The minimum absolute atomic E-state index is 0.526. The predicted octanol–water partition coefficient (Wildman–Crippen LogP) is 3.28. The number of nitrogens with zero attached hydrogens (tertiary/aromatic N) is 1. The molecule has 0 atom stereocenters. The number of aliphatic imine (C=N–C) groups is 1. The molecular weight excluding hydrogens is 354 g/mol. The van der Waals surface area contributed by atoms with Crippen molar-refractivity contribution in [3.05, 3.63) is 59.2 Å². The van der Waals surface area contributed by atoms with Crippen LogP contribution in [0.3, 0.4) is 0 Å². The highest BCUT2D eigenvalue weighted by atomic mass is 16.5. The van der Waals surface area contributed by atoms with E-state index in [1.165, 1.54) is 0 Å². The third-order valence-electron chi connectivity index (χ3n) is 4.14. The number of benzene rings is 2. The summed E-state index contributed by atoms with van der Waals surface area (Å²) in [5.74, 6) is 2.48. The number of hydrogen-bond acceptors (Lipinski definition) is 4. The molecule has 0 saturated carbocycles. The third kappa shape index (κ3) is 7.12. The Morgan fingerprint density at radius 1 is 1.00 bits per heavy atom. The zero-order valence-corrected chi connectivity index (χ0v) is 17.2. The van der Waals surface area contributed by atoms with Crippen molar-refractivity contribution in [3.63, 3.8) is 0 Å². The molecule has 2 N–H and O–H groups in total. The number of guanidine groups is 1. The SMILES string of the molecule is CCNC(=NCc1ccc(OC)cc1)NCc1ccc(C)cc1OCCOC. The van der Waals surface area contributed by atoms with Gasteiger partial charge in [0.1, 0.15) is 18.1 Å². The van der Waals surface area contributed by atoms with Crippen molar-refractivity contribution < 1.29 is 14.2 Å². The third-order valence-corrected chi connectivity index (χ3v) is 4.14. The molecule has 0 aliphatic rings. The highest BCUT2D eigenvalue weighted by Gasteiger charge is 2.06. The first-order valence-electron chi connectivity index (χ1n) is 9.52. The lowest BCUT2D eigenvalue weighted by molar-refractivity contribution is 0.145. The van der Waals surface area contributed by atoms with Crippen LogP contribution in [0.2, 0.25) is 0 Å². The monoisotopic (exact) mass is 385 g/mol. The van der Waals surface area contributed by atoms with Crippen LogP contribution in [0.25, 0.3) is 0 Å². The summed E-state index contributed by atoms with van der Waals surface area (Å²) in [6.07, 6.45) is 0. The maximum Gasteiger partial charge on any atom is 0.191 e. The molecule has 0 aliphatic carbocycles. The fraction of sp³-hybridized carbons (Fsp3) is 0.409. The Kier molecular flexibility index (Phi) is 9.15. The highest BCUT2D eigenvalue weighted by molar-refractivity contribution is 5.79. The smallest absolute Gasteiger partial charge is 0.191 e. The molecule has 0 radical (unpaired) electrons. The molecule has 6 nitrogen and oxygen atoms in total. The van der Waals surface area contributed by atoms with Gasteiger partial charge in [-0.1, -0.05) is 24.3 Å². The van der Waals surface area contributed by atoms with E-state index in [0.717, 1.165) is 40.7 Å². The average Bonchev–Trinajstić information content (AvgIpc) is 2.71. The van der Waals surface area contributed by atoms with Gasteiger partial charge in [-0.05, 0) is 43.2 Å². The van der Waals surface area contributed by atoms with Crippen molar-refractivity contribution in [1.82, 2.24) is 10.6 Å². The number of methoxy groups -OCH3 is 2. The molecule has 0 spiro atoms. The van der Waals surface area contributed by atoms with E-state index in [1.54, 1.807) is 14.2 Å². The van der Waals surface area contributed by atoms with Crippen molar-refractivity contribution >= 4 is 5.96 Å². The summed E-state index contributed by atoms with van der Waals surface area (Å²) < 4.78 is 16.1. The zero-order valence-electron chi connectivity index (χ0n) is 17.2. The van der Waals surface area contributed by atoms with Gasteiger partial charge in [0, 0.05) is 25.8 Å². The summed E-state index contributed by atoms with van der Waals surface area (Å²) in [4.78, 5) is 4.67. The summed E-state index contributed by atoms with van der Waals surface area (Å²) >= 11 is 0. The number of ether oxygens (including phenoxy) is 3. The van der Waals surface area contributed by atoms with E-state index in [0.29, 0.717) is 26.3 Å². The molecule has 6 heteroatoms. The lowest BCUT2D eigenvalue weighted by Gasteiger charge is -2.15. The molecule has 0 aliphatic heterocycles. The molecule has 28 heavy (non-hydrogen) atoms. The molecule has 0 unspecified atom stereocenters. The Balaban J connectivity index is 2.01. The first-order valence-corrected chi connectivity index (χ1v) is 9.52. The van der Waals surface area contributed by atoms with Crippen molar-refractivity contribution in [1.29, 1.82) is 0 Å². The van der Waals surface area contributed by atoms with E-state index in [2.05, 4.69) is 41.6 Å². The Morgan fingerprint density at radius 3 is 2.46 bits per heavy atom. The summed E-state index contributed by atoms with van der Waals surface area (Å²) in [7, 11) is 3.34. The Labute approximate surface area is 167 Å². The summed E-state index contributed by atoms with van der Waals surface area (Å²) in [5.41, 5.74) is 3.37. The van der Waals surface area contributed by atoms with Gasteiger partial charge >= 0.3 is 0 Å². The van der Waals surface area contributed by atoms with Crippen LogP contribution < -0.4 is 20.1 Å². The van der Waals surface area contributed by atoms with Crippen LogP contribution in [-0.2, 0) is 17.8 Å². The maximum absolute atomic E-state index is 5.86. The number of nitrogens with one attached hydrogen (secondary N) is 2. The Morgan fingerprint density at radius 2 is 1.79 bits per heavy atom. The van der Waals surface area contributed by atoms with Gasteiger partial charge < -0.3 is 24.8 Å². The van der Waals surface area contributed by atoms with E-state index in [1.807, 2.05) is 30.3 Å². The molecule has 0 bridgehead atoms. The van der Waals surface area contributed by atoms with Gasteiger partial charge in [-0.2, -0.15) is 0 Å². The summed E-state index contributed by atoms with van der Waals surface area (Å²) in [5, 5.41) is 6.67. The molecule has 0 aromatic heterocycles. The molecule has 152 valence electrons. The number of rotatable bonds is 10. The molecule has 2 aromatic carbocycles. The fourth-order valence-corrected chi connectivity index (χ4v) is 2.60. The summed E-state index contributed by atoms with van der Waals surface area (Å²) in [6.45, 7) is 7.20. The fourth-order valence-electron chi connectivity index (χ4n) is 2.60. The van der Waals surface area contributed by atoms with E-state index in [9.17, 15) is 0 Å². The standard InChI is InChI=1S/C22H31N3O3/c1-5-23-22(24-15-18-7-10-20(27-4)11-8-18)25-16-19-9-6-17(2)14-21(19)28-13-12-26-3/h6-11,14H,5,12-13,15-16H2,1-4H3,(H2,23,24,25). The molecule has 0 saturated heterocycles. The second kappa shape index (κ2) is 11.9. The second-order valence-corrected chi connectivity index (χ2v) is 6.35. The Hall–Kier alpha value is -2.73. The van der Waals surface area contributed by atoms with Gasteiger partial charge in [-0.3, -0.25) is 0 Å². The minimum Gasteiger partial charge on any atom is -0.497 e. The predicted molar refractivity (Wildman–Crippen MR) is 113 cm³/mol. The first-order chi connectivity index (χ1) is 13.7. The van der Waals surface area contributed by atoms with Gasteiger partial charge in [0.25, 0.3) is 0 Å². The Bertz CT molecular complexity index is 745. The quantitative estimate of drug-likeness (QED) is 0.373. The van der Waals surface area contributed by atoms with Crippen molar-refractivity contribution in [2.24, 2.45) is 4.99 Å². The zero-order chi connectivity index (χ0) is 20.2. The minimum atomic E-state index is 0.526. The van der Waals surface area contributed by atoms with E-state index < -0.39 is 0 Å². The largest absolute Gasteiger partial charge is 0.497 e. The van der Waals surface area contributed by atoms with E-state index in [4.69, 9.17) is 14.2 Å². The van der Waals surface area contributed by atoms with Gasteiger partial charge in [-0.15, -0.1) is 0 Å². The lowest BCUT2D eigenvalue weighted by Crippen LogP contribution is -2.36. The number of aryl methyl sites for hydroxylation is 1. The average molecular weight is 386 g/mol. The van der Waals surface area contributed by atoms with Crippen LogP contribution in [0.4, 0.5) is 0 Å². The van der Waals surface area contributed by atoms with Crippen molar-refractivity contribution in [2.45, 2.75) is 26.9 Å². The normalized spacial score (nSPS) is 11.2. The molecule has 0 amide bonds. The molecule has 0 fully saturated rings. The van der Waals surface area contributed by atoms with Gasteiger partial charge in [0.2, 0.25) is 0 Å². The van der Waals surface area contributed by atoms with Gasteiger partial charge in [-0.25, -0.2) is 4.99 Å². The molecule has 2 rings (SSSR count). The van der Waals surface area contributed by atoms with Crippen LogP contribution >= 0.6 is 0 Å². The van der Waals surface area contributed by atoms with E-state index in [-0.39, 0.29) is 0 Å². The van der Waals surface area contributed by atoms with E-state index >= 15 is 0 Å². The van der Waals surface area contributed by atoms with Crippen molar-refractivity contribution in [2.75, 3.05) is 34.0 Å². The van der Waals surface area contributed by atoms with Crippen LogP contribution in [0.1, 0.15) is 23.6 Å². The molecular formula is C22H31N3O3. The van der Waals surface area contributed by atoms with Crippen LogP contribution in [0, 0.1) is 6.92 Å². The second-order valence-electron chi connectivity index (χ2n) is 6.35. The van der Waals surface area contributed by atoms with Crippen molar-refractivity contribution in [3.8, 4) is 11.5 Å². The number of hydrogen-bond donors (Lipinski definition) is 2. The topological polar surface area (TPSA) is 64.1 Å². The molecule has 2 aromatic rings. The lowest BCUT2D eigenvalue weighted by atomic mass is 10.1. The highest BCUT2D eigenvalue weighted by Crippen LogP contribution is 2.20. The van der Waals surface area contributed by atoms with Gasteiger partial charge in [0.15, 0.2) is 5.96 Å². The van der Waals surface area contributed by atoms with Crippen LogP contribution in [-0.4, -0.2) is 39.9 Å². The molecule has 0 heterocycles. The maximum atomic E-state index is 5.86. The first kappa shape index (κ1) is 21.6. The van der Waals surface area contributed by atoms with Crippen LogP contribution in [0.15, 0.2) is 47.5 Å².